The molecule has 1 atom stereocenters. The van der Waals surface area contributed by atoms with E-state index in [0.717, 1.165) is 11.5 Å². The van der Waals surface area contributed by atoms with E-state index in [4.69, 9.17) is 10.2 Å². The second-order valence-corrected chi connectivity index (χ2v) is 5.09. The highest BCUT2D eigenvalue weighted by Gasteiger charge is 2.19. The van der Waals surface area contributed by atoms with Crippen LogP contribution in [-0.2, 0) is 0 Å². The Morgan fingerprint density at radius 1 is 1.29 bits per heavy atom. The average molecular weight is 236 g/mol. The molecule has 0 amide bonds. The SMILES string of the molecule is Cc1ccc(C(CN)NC2CCCCCC2)o1. The van der Waals surface area contributed by atoms with Gasteiger partial charge in [-0.2, -0.15) is 0 Å². The van der Waals surface area contributed by atoms with Gasteiger partial charge in [0.05, 0.1) is 6.04 Å². The van der Waals surface area contributed by atoms with Crippen molar-refractivity contribution in [2.75, 3.05) is 6.54 Å². The number of nitrogens with two attached hydrogens (primary N) is 1. The summed E-state index contributed by atoms with van der Waals surface area (Å²) in [6, 6.07) is 4.83. The van der Waals surface area contributed by atoms with Crippen molar-refractivity contribution in [1.29, 1.82) is 0 Å². The van der Waals surface area contributed by atoms with Crippen LogP contribution < -0.4 is 11.1 Å². The van der Waals surface area contributed by atoms with E-state index in [1.165, 1.54) is 38.5 Å². The van der Waals surface area contributed by atoms with Gasteiger partial charge in [0.1, 0.15) is 11.5 Å². The molecule has 2 rings (SSSR count). The van der Waals surface area contributed by atoms with Crippen molar-refractivity contribution in [3.05, 3.63) is 23.7 Å². The van der Waals surface area contributed by atoms with Crippen LogP contribution in [0.25, 0.3) is 0 Å². The van der Waals surface area contributed by atoms with Crippen molar-refractivity contribution in [1.82, 2.24) is 5.32 Å². The predicted octanol–water partition coefficient (Wildman–Crippen LogP) is 2.90. The van der Waals surface area contributed by atoms with Crippen LogP contribution in [0.2, 0.25) is 0 Å². The highest BCUT2D eigenvalue weighted by Crippen LogP contribution is 2.21. The maximum absolute atomic E-state index is 5.85. The molecule has 0 saturated heterocycles. The Balaban J connectivity index is 1.94. The lowest BCUT2D eigenvalue weighted by molar-refractivity contribution is 0.349. The third kappa shape index (κ3) is 3.58. The molecule has 1 saturated carbocycles. The summed E-state index contributed by atoms with van der Waals surface area (Å²) in [7, 11) is 0. The van der Waals surface area contributed by atoms with Gasteiger partial charge in [0.2, 0.25) is 0 Å². The molecule has 1 fully saturated rings. The smallest absolute Gasteiger partial charge is 0.122 e. The molecule has 1 aliphatic rings. The van der Waals surface area contributed by atoms with Crippen molar-refractivity contribution in [2.45, 2.75) is 57.5 Å². The van der Waals surface area contributed by atoms with Crippen LogP contribution in [0.3, 0.4) is 0 Å². The van der Waals surface area contributed by atoms with E-state index in [0.29, 0.717) is 12.6 Å². The Morgan fingerprint density at radius 3 is 2.53 bits per heavy atom. The Morgan fingerprint density at radius 2 is 2.00 bits per heavy atom. The number of aryl methyl sites for hydroxylation is 1. The maximum Gasteiger partial charge on any atom is 0.122 e. The van der Waals surface area contributed by atoms with Crippen LogP contribution in [0.15, 0.2) is 16.5 Å². The first kappa shape index (κ1) is 12.7. The van der Waals surface area contributed by atoms with Crippen molar-refractivity contribution >= 4 is 0 Å². The normalized spacial score (nSPS) is 20.1. The zero-order valence-corrected chi connectivity index (χ0v) is 10.7. The first-order valence-corrected chi connectivity index (χ1v) is 6.82. The van der Waals surface area contributed by atoms with E-state index in [1.54, 1.807) is 0 Å². The minimum absolute atomic E-state index is 0.173. The Hall–Kier alpha value is -0.800. The fourth-order valence-electron chi connectivity index (χ4n) is 2.64. The second-order valence-electron chi connectivity index (χ2n) is 5.09. The molecule has 1 aromatic heterocycles. The minimum Gasteiger partial charge on any atom is -0.465 e. The molecule has 3 N–H and O–H groups in total. The van der Waals surface area contributed by atoms with Gasteiger partial charge in [-0.05, 0) is 31.9 Å². The molecule has 17 heavy (non-hydrogen) atoms. The molecular weight excluding hydrogens is 212 g/mol. The van der Waals surface area contributed by atoms with Crippen molar-refractivity contribution in [3.63, 3.8) is 0 Å². The van der Waals surface area contributed by atoms with Gasteiger partial charge >= 0.3 is 0 Å². The number of nitrogens with one attached hydrogen (secondary N) is 1. The number of rotatable bonds is 4. The molecule has 0 bridgehead atoms. The van der Waals surface area contributed by atoms with Gasteiger partial charge < -0.3 is 15.5 Å². The van der Waals surface area contributed by atoms with Gasteiger partial charge in [-0.25, -0.2) is 0 Å². The van der Waals surface area contributed by atoms with Crippen LogP contribution in [0, 0.1) is 6.92 Å². The first-order chi connectivity index (χ1) is 8.29. The van der Waals surface area contributed by atoms with E-state index >= 15 is 0 Å². The fourth-order valence-corrected chi connectivity index (χ4v) is 2.64. The average Bonchev–Trinajstić information content (AvgIpc) is 2.62. The second kappa shape index (κ2) is 6.22. The summed E-state index contributed by atoms with van der Waals surface area (Å²) in [4.78, 5) is 0. The Kier molecular flexibility index (Phi) is 4.63. The Labute approximate surface area is 104 Å². The van der Waals surface area contributed by atoms with Crippen LogP contribution >= 0.6 is 0 Å². The van der Waals surface area contributed by atoms with Gasteiger partial charge in [0.15, 0.2) is 0 Å². The van der Waals surface area contributed by atoms with E-state index < -0.39 is 0 Å². The summed E-state index contributed by atoms with van der Waals surface area (Å²) < 4.78 is 5.67. The molecule has 0 aliphatic heterocycles. The van der Waals surface area contributed by atoms with Crippen LogP contribution in [0.1, 0.15) is 56.1 Å². The van der Waals surface area contributed by atoms with Gasteiger partial charge in [0.25, 0.3) is 0 Å². The van der Waals surface area contributed by atoms with Crippen molar-refractivity contribution in [2.24, 2.45) is 5.73 Å². The third-order valence-electron chi connectivity index (χ3n) is 3.63. The predicted molar refractivity (Wildman–Crippen MR) is 69.9 cm³/mol. The molecular formula is C14H24N2O. The lowest BCUT2D eigenvalue weighted by atomic mass is 10.1. The molecule has 0 aromatic carbocycles. The summed E-state index contributed by atoms with van der Waals surface area (Å²) in [5.41, 5.74) is 5.85. The lowest BCUT2D eigenvalue weighted by Gasteiger charge is -2.22. The van der Waals surface area contributed by atoms with Gasteiger partial charge in [0, 0.05) is 12.6 Å². The molecule has 1 heterocycles. The van der Waals surface area contributed by atoms with Crippen molar-refractivity contribution in [3.8, 4) is 0 Å². The highest BCUT2D eigenvalue weighted by atomic mass is 16.3. The van der Waals surface area contributed by atoms with Crippen molar-refractivity contribution < 1.29 is 4.42 Å². The summed E-state index contributed by atoms with van der Waals surface area (Å²) in [5, 5.41) is 3.66. The number of furan rings is 1. The summed E-state index contributed by atoms with van der Waals surface area (Å²) >= 11 is 0. The zero-order valence-electron chi connectivity index (χ0n) is 10.7. The monoisotopic (exact) mass is 236 g/mol. The highest BCUT2D eigenvalue weighted by molar-refractivity contribution is 5.10. The molecule has 0 spiro atoms. The van der Waals surface area contributed by atoms with E-state index in [-0.39, 0.29) is 6.04 Å². The van der Waals surface area contributed by atoms with Crippen LogP contribution in [0.4, 0.5) is 0 Å². The largest absolute Gasteiger partial charge is 0.465 e. The standard InChI is InChI=1S/C14H24N2O/c1-11-8-9-14(17-11)13(10-15)16-12-6-4-2-3-5-7-12/h8-9,12-13,16H,2-7,10,15H2,1H3. The molecule has 0 radical (unpaired) electrons. The molecule has 3 nitrogen and oxygen atoms in total. The van der Waals surface area contributed by atoms with Crippen LogP contribution in [0.5, 0.6) is 0 Å². The van der Waals surface area contributed by atoms with Gasteiger partial charge in [-0.15, -0.1) is 0 Å². The zero-order chi connectivity index (χ0) is 12.1. The summed E-state index contributed by atoms with van der Waals surface area (Å²) in [6.45, 7) is 2.58. The minimum atomic E-state index is 0.173. The van der Waals surface area contributed by atoms with E-state index in [1.807, 2.05) is 19.1 Å². The van der Waals surface area contributed by atoms with Gasteiger partial charge in [-0.3, -0.25) is 0 Å². The molecule has 1 aliphatic carbocycles. The first-order valence-electron chi connectivity index (χ1n) is 6.82. The van der Waals surface area contributed by atoms with Gasteiger partial charge in [-0.1, -0.05) is 25.7 Å². The number of hydrogen-bond donors (Lipinski definition) is 2. The quantitative estimate of drug-likeness (QED) is 0.790. The number of hydrogen-bond acceptors (Lipinski definition) is 3. The molecule has 96 valence electrons. The molecule has 1 aromatic rings. The maximum atomic E-state index is 5.85. The Bertz CT molecular complexity index is 327. The van der Waals surface area contributed by atoms with E-state index in [2.05, 4.69) is 5.32 Å². The third-order valence-corrected chi connectivity index (χ3v) is 3.63. The topological polar surface area (TPSA) is 51.2 Å². The molecule has 1 unspecified atom stereocenters. The lowest BCUT2D eigenvalue weighted by Crippen LogP contribution is -2.36. The molecule has 3 heteroatoms. The summed E-state index contributed by atoms with van der Waals surface area (Å²) in [6.07, 6.45) is 7.99. The summed E-state index contributed by atoms with van der Waals surface area (Å²) in [5.74, 6) is 1.94. The van der Waals surface area contributed by atoms with Crippen LogP contribution in [-0.4, -0.2) is 12.6 Å². The fraction of sp³-hybridized carbons (Fsp3) is 0.714. The van der Waals surface area contributed by atoms with E-state index in [9.17, 15) is 0 Å².